The summed E-state index contributed by atoms with van der Waals surface area (Å²) in [4.78, 5) is 16.8. The fourth-order valence-corrected chi connectivity index (χ4v) is 5.41. The normalized spacial score (nSPS) is 27.8. The maximum Gasteiger partial charge on any atom is 0.241 e. The van der Waals surface area contributed by atoms with E-state index in [-0.39, 0.29) is 24.4 Å². The zero-order valence-electron chi connectivity index (χ0n) is 16.1. The van der Waals surface area contributed by atoms with Gasteiger partial charge in [0.15, 0.2) is 5.82 Å². The fraction of sp³-hybridized carbons (Fsp3) is 0.647. The Kier molecular flexibility index (Phi) is 4.53. The molecule has 1 amide bonds. The number of aromatic nitrogens is 4. The van der Waals surface area contributed by atoms with Gasteiger partial charge in [0, 0.05) is 25.3 Å². The summed E-state index contributed by atoms with van der Waals surface area (Å²) in [6.45, 7) is 4.45. The van der Waals surface area contributed by atoms with Crippen LogP contribution in [-0.2, 0) is 26.8 Å². The van der Waals surface area contributed by atoms with Crippen LogP contribution in [0.2, 0.25) is 0 Å². The molecule has 1 aliphatic heterocycles. The Hall–Kier alpha value is -2.27. The Balaban J connectivity index is 1.51. The Bertz CT molecular complexity index is 999. The number of fused-ring (bicyclic) bond motifs is 1. The van der Waals surface area contributed by atoms with Crippen LogP contribution in [0.4, 0.5) is 0 Å². The van der Waals surface area contributed by atoms with Crippen molar-refractivity contribution in [3.8, 4) is 0 Å². The van der Waals surface area contributed by atoms with Gasteiger partial charge in [0.1, 0.15) is 6.54 Å². The molecule has 11 heteroatoms. The van der Waals surface area contributed by atoms with E-state index in [0.717, 1.165) is 5.69 Å². The third-order valence-electron chi connectivity index (χ3n) is 5.71. The Morgan fingerprint density at radius 1 is 1.43 bits per heavy atom. The quantitative estimate of drug-likeness (QED) is 0.738. The van der Waals surface area contributed by atoms with Crippen molar-refractivity contribution in [1.82, 2.24) is 29.5 Å². The lowest BCUT2D eigenvalue weighted by atomic mass is 9.80. The minimum atomic E-state index is -3.32. The summed E-state index contributed by atoms with van der Waals surface area (Å²) >= 11 is 0. The predicted molar refractivity (Wildman–Crippen MR) is 98.7 cm³/mol. The third kappa shape index (κ3) is 3.44. The van der Waals surface area contributed by atoms with Crippen molar-refractivity contribution >= 4 is 15.9 Å². The van der Waals surface area contributed by atoms with Crippen molar-refractivity contribution in [3.05, 3.63) is 29.7 Å². The molecular formula is C17H24N6O4S. The zero-order chi connectivity index (χ0) is 20.1. The predicted octanol–water partition coefficient (Wildman–Crippen LogP) is -0.00906. The molecule has 1 aliphatic carbocycles. The van der Waals surface area contributed by atoms with Crippen LogP contribution in [0.1, 0.15) is 30.3 Å². The molecule has 2 aromatic rings. The first-order valence-electron chi connectivity index (χ1n) is 9.21. The van der Waals surface area contributed by atoms with Crippen LogP contribution < -0.4 is 5.32 Å². The van der Waals surface area contributed by atoms with Crippen molar-refractivity contribution in [2.75, 3.05) is 19.3 Å². The molecule has 3 heterocycles. The van der Waals surface area contributed by atoms with Gasteiger partial charge in [-0.1, -0.05) is 5.16 Å². The van der Waals surface area contributed by atoms with Crippen LogP contribution >= 0.6 is 0 Å². The highest BCUT2D eigenvalue weighted by molar-refractivity contribution is 7.88. The van der Waals surface area contributed by atoms with Crippen LogP contribution in [0.15, 0.2) is 16.8 Å². The molecule has 1 saturated carbocycles. The summed E-state index contributed by atoms with van der Waals surface area (Å²) in [7, 11) is -3.32. The van der Waals surface area contributed by atoms with Gasteiger partial charge in [-0.15, -0.1) is 0 Å². The molecule has 0 unspecified atom stereocenters. The largest absolute Gasteiger partial charge is 0.352 e. The molecule has 3 atom stereocenters. The van der Waals surface area contributed by atoms with Crippen LogP contribution in [0.5, 0.6) is 0 Å². The van der Waals surface area contributed by atoms with Crippen molar-refractivity contribution in [1.29, 1.82) is 0 Å². The second-order valence-corrected chi connectivity index (χ2v) is 9.90. The standard InChI is InChI=1S/C17H24N6O4S/c1-11-4-5-22(20-11)9-15(24)19-14-6-13-8-23(28(3,25)26)10-17(13,7-14)16-18-12(2)21-27-16/h4-5,13-14H,6-10H2,1-3H3,(H,19,24)/t13-,14+,17-/m0/s1. The zero-order valence-corrected chi connectivity index (χ0v) is 16.9. The summed E-state index contributed by atoms with van der Waals surface area (Å²) < 4.78 is 32.7. The van der Waals surface area contributed by atoms with Crippen molar-refractivity contribution in [2.45, 2.75) is 44.7 Å². The molecule has 1 saturated heterocycles. The fourth-order valence-electron chi connectivity index (χ4n) is 4.49. The van der Waals surface area contributed by atoms with Crippen LogP contribution in [-0.4, -0.2) is 63.9 Å². The summed E-state index contributed by atoms with van der Waals surface area (Å²) in [6.07, 6.45) is 4.21. The number of nitrogens with one attached hydrogen (secondary N) is 1. The van der Waals surface area contributed by atoms with Crippen LogP contribution in [0.3, 0.4) is 0 Å². The maximum atomic E-state index is 12.4. The molecular weight excluding hydrogens is 384 g/mol. The van der Waals surface area contributed by atoms with E-state index in [4.69, 9.17) is 4.52 Å². The van der Waals surface area contributed by atoms with E-state index in [0.29, 0.717) is 37.6 Å². The topological polar surface area (TPSA) is 123 Å². The molecule has 2 aliphatic rings. The summed E-state index contributed by atoms with van der Waals surface area (Å²) in [5.74, 6) is 0.868. The number of carbonyl (C=O) groups excluding carboxylic acids is 1. The van der Waals surface area contributed by atoms with Crippen molar-refractivity contribution in [2.24, 2.45) is 5.92 Å². The van der Waals surface area contributed by atoms with Gasteiger partial charge in [0.2, 0.25) is 21.8 Å². The second-order valence-electron chi connectivity index (χ2n) is 7.91. The summed E-state index contributed by atoms with van der Waals surface area (Å²) in [6, 6.07) is 1.77. The minimum absolute atomic E-state index is 0.0133. The molecule has 2 fully saturated rings. The summed E-state index contributed by atoms with van der Waals surface area (Å²) in [5, 5.41) is 11.2. The second kappa shape index (κ2) is 6.66. The Morgan fingerprint density at radius 3 is 2.82 bits per heavy atom. The Morgan fingerprint density at radius 2 is 2.21 bits per heavy atom. The van der Waals surface area contributed by atoms with Crippen molar-refractivity contribution < 1.29 is 17.7 Å². The highest BCUT2D eigenvalue weighted by atomic mass is 32.2. The van der Waals surface area contributed by atoms with Gasteiger partial charge >= 0.3 is 0 Å². The molecule has 0 bridgehead atoms. The van der Waals surface area contributed by atoms with E-state index >= 15 is 0 Å². The van der Waals surface area contributed by atoms with Gasteiger partial charge in [0.05, 0.1) is 17.4 Å². The van der Waals surface area contributed by atoms with E-state index in [9.17, 15) is 13.2 Å². The van der Waals surface area contributed by atoms with Gasteiger partial charge in [-0.05, 0) is 38.7 Å². The average molecular weight is 408 g/mol. The molecule has 10 nitrogen and oxygen atoms in total. The molecule has 4 rings (SSSR count). The number of amides is 1. The molecule has 0 aromatic carbocycles. The highest BCUT2D eigenvalue weighted by Crippen LogP contribution is 2.50. The molecule has 28 heavy (non-hydrogen) atoms. The van der Waals surface area contributed by atoms with E-state index in [2.05, 4.69) is 20.6 Å². The third-order valence-corrected chi connectivity index (χ3v) is 6.93. The van der Waals surface area contributed by atoms with Gasteiger partial charge in [-0.3, -0.25) is 9.48 Å². The number of nitrogens with zero attached hydrogens (tertiary/aromatic N) is 5. The lowest BCUT2D eigenvalue weighted by molar-refractivity contribution is -0.122. The lowest BCUT2D eigenvalue weighted by Gasteiger charge is -2.24. The van der Waals surface area contributed by atoms with Gasteiger partial charge in [-0.25, -0.2) is 12.7 Å². The highest BCUT2D eigenvalue weighted by Gasteiger charge is 2.58. The average Bonchev–Trinajstić information content (AvgIpc) is 3.30. The van der Waals surface area contributed by atoms with Gasteiger partial charge in [-0.2, -0.15) is 10.1 Å². The molecule has 0 spiro atoms. The molecule has 0 radical (unpaired) electrons. The minimum Gasteiger partial charge on any atom is -0.352 e. The van der Waals surface area contributed by atoms with E-state index in [1.807, 2.05) is 13.0 Å². The number of sulfonamides is 1. The summed E-state index contributed by atoms with van der Waals surface area (Å²) in [5.41, 5.74) is 0.291. The first-order chi connectivity index (χ1) is 13.2. The monoisotopic (exact) mass is 408 g/mol. The molecule has 2 aromatic heterocycles. The molecule has 1 N–H and O–H groups in total. The number of rotatable bonds is 5. The van der Waals surface area contributed by atoms with E-state index in [1.54, 1.807) is 17.8 Å². The SMILES string of the molecule is Cc1ccn(CC(=O)N[C@@H]2C[C@H]3CN(S(C)(=O)=O)C[C@@]3(c3nc(C)no3)C2)n1. The number of aryl methyl sites for hydroxylation is 2. The van der Waals surface area contributed by atoms with Crippen LogP contribution in [0, 0.1) is 19.8 Å². The lowest BCUT2D eigenvalue weighted by Crippen LogP contribution is -2.40. The van der Waals surface area contributed by atoms with Crippen LogP contribution in [0.25, 0.3) is 0 Å². The van der Waals surface area contributed by atoms with E-state index in [1.165, 1.54) is 10.6 Å². The first kappa shape index (κ1) is 19.1. The smallest absolute Gasteiger partial charge is 0.241 e. The number of hydrogen-bond acceptors (Lipinski definition) is 7. The Labute approximate surface area is 163 Å². The van der Waals surface area contributed by atoms with Crippen molar-refractivity contribution in [3.63, 3.8) is 0 Å². The molecule has 152 valence electrons. The van der Waals surface area contributed by atoms with E-state index < -0.39 is 15.4 Å². The van der Waals surface area contributed by atoms with Gasteiger partial charge in [0.25, 0.3) is 0 Å². The number of hydrogen-bond donors (Lipinski definition) is 1. The first-order valence-corrected chi connectivity index (χ1v) is 11.1. The number of carbonyl (C=O) groups is 1. The van der Waals surface area contributed by atoms with Gasteiger partial charge < -0.3 is 9.84 Å². The maximum absolute atomic E-state index is 12.4.